The molecule has 0 bridgehead atoms. The summed E-state index contributed by atoms with van der Waals surface area (Å²) in [7, 11) is 2.14. The first kappa shape index (κ1) is 16.4. The van der Waals surface area contributed by atoms with Gasteiger partial charge in [-0.1, -0.05) is 20.8 Å². The van der Waals surface area contributed by atoms with E-state index >= 15 is 0 Å². The number of ether oxygens (including phenoxy) is 1. The van der Waals surface area contributed by atoms with E-state index in [2.05, 4.69) is 39.6 Å². The van der Waals surface area contributed by atoms with Crippen LogP contribution >= 0.6 is 0 Å². The molecule has 0 saturated heterocycles. The highest BCUT2D eigenvalue weighted by Crippen LogP contribution is 2.35. The van der Waals surface area contributed by atoms with E-state index in [1.165, 1.54) is 0 Å². The van der Waals surface area contributed by atoms with Crippen LogP contribution in [-0.4, -0.2) is 42.1 Å². The summed E-state index contributed by atoms with van der Waals surface area (Å²) in [4.78, 5) is 14.3. The summed E-state index contributed by atoms with van der Waals surface area (Å²) >= 11 is 0. The Morgan fingerprint density at radius 3 is 2.58 bits per heavy atom. The molecule has 1 rings (SSSR count). The Morgan fingerprint density at radius 1 is 1.53 bits per heavy atom. The maximum absolute atomic E-state index is 11.9. The molecule has 0 aliphatic heterocycles. The van der Waals surface area contributed by atoms with Crippen LogP contribution in [0.15, 0.2) is 0 Å². The third-order valence-electron chi connectivity index (χ3n) is 4.65. The van der Waals surface area contributed by atoms with E-state index in [-0.39, 0.29) is 11.4 Å². The van der Waals surface area contributed by atoms with E-state index in [1.807, 2.05) is 6.92 Å². The number of esters is 1. The molecule has 0 spiro atoms. The van der Waals surface area contributed by atoms with Gasteiger partial charge in [0.05, 0.1) is 6.61 Å². The predicted octanol–water partition coefficient (Wildman–Crippen LogP) is 2.17. The molecule has 0 amide bonds. The van der Waals surface area contributed by atoms with Crippen LogP contribution in [0.3, 0.4) is 0 Å². The molecule has 0 aromatic heterocycles. The van der Waals surface area contributed by atoms with Gasteiger partial charge in [-0.2, -0.15) is 0 Å². The van der Waals surface area contributed by atoms with Gasteiger partial charge in [0.1, 0.15) is 5.54 Å². The molecule has 1 fully saturated rings. The third-order valence-corrected chi connectivity index (χ3v) is 4.65. The minimum absolute atomic E-state index is 0.221. The lowest BCUT2D eigenvalue weighted by Crippen LogP contribution is -2.50. The summed E-state index contributed by atoms with van der Waals surface area (Å²) in [6.07, 6.45) is 2.38. The fourth-order valence-electron chi connectivity index (χ4n) is 2.78. The second-order valence-electron chi connectivity index (χ2n) is 6.98. The van der Waals surface area contributed by atoms with E-state index in [9.17, 15) is 4.79 Å². The Labute approximate surface area is 117 Å². The van der Waals surface area contributed by atoms with Gasteiger partial charge in [0.25, 0.3) is 0 Å². The van der Waals surface area contributed by atoms with Crippen molar-refractivity contribution in [2.75, 3.05) is 13.7 Å². The fourth-order valence-corrected chi connectivity index (χ4v) is 2.78. The number of rotatable bonds is 4. The molecular weight excluding hydrogens is 240 g/mol. The molecule has 1 saturated carbocycles. The van der Waals surface area contributed by atoms with E-state index < -0.39 is 5.54 Å². The van der Waals surface area contributed by atoms with Gasteiger partial charge in [-0.05, 0) is 45.6 Å². The quantitative estimate of drug-likeness (QED) is 0.795. The summed E-state index contributed by atoms with van der Waals surface area (Å²) in [5.41, 5.74) is 5.66. The first-order valence-electron chi connectivity index (χ1n) is 7.30. The topological polar surface area (TPSA) is 55.6 Å². The minimum atomic E-state index is -0.785. The number of hydrogen-bond acceptors (Lipinski definition) is 4. The van der Waals surface area contributed by atoms with Crippen LogP contribution in [0, 0.1) is 5.41 Å². The monoisotopic (exact) mass is 270 g/mol. The normalized spacial score (nSPS) is 29.6. The van der Waals surface area contributed by atoms with Crippen molar-refractivity contribution in [2.24, 2.45) is 11.1 Å². The number of nitrogens with zero attached hydrogens (tertiary/aromatic N) is 1. The van der Waals surface area contributed by atoms with Gasteiger partial charge < -0.3 is 15.4 Å². The second kappa shape index (κ2) is 5.80. The van der Waals surface area contributed by atoms with Crippen LogP contribution in [0.5, 0.6) is 0 Å². The molecule has 0 radical (unpaired) electrons. The standard InChI is InChI=1S/C15H30N2O2/c1-7-19-13(18)15(16)9-8-12(10-15)17(6)11(2)14(3,4)5/h11-12H,7-10,16H2,1-6H3. The number of nitrogens with two attached hydrogens (primary N) is 1. The van der Waals surface area contributed by atoms with Gasteiger partial charge in [-0.25, -0.2) is 0 Å². The smallest absolute Gasteiger partial charge is 0.326 e. The fraction of sp³-hybridized carbons (Fsp3) is 0.933. The molecule has 3 unspecified atom stereocenters. The Morgan fingerprint density at radius 2 is 2.11 bits per heavy atom. The third kappa shape index (κ3) is 3.69. The van der Waals surface area contributed by atoms with Crippen LogP contribution in [0.2, 0.25) is 0 Å². The van der Waals surface area contributed by atoms with E-state index in [0.29, 0.717) is 25.1 Å². The van der Waals surface area contributed by atoms with Crippen LogP contribution in [0.1, 0.15) is 53.9 Å². The van der Waals surface area contributed by atoms with E-state index in [0.717, 1.165) is 12.8 Å². The lowest BCUT2D eigenvalue weighted by atomic mass is 9.86. The average molecular weight is 270 g/mol. The summed E-state index contributed by atoms with van der Waals surface area (Å²) in [5.74, 6) is -0.241. The van der Waals surface area contributed by atoms with Crippen molar-refractivity contribution in [2.45, 2.75) is 71.5 Å². The lowest BCUT2D eigenvalue weighted by Gasteiger charge is -2.39. The molecule has 1 aliphatic carbocycles. The SMILES string of the molecule is CCOC(=O)C1(N)CCC(N(C)C(C)C(C)(C)C)C1. The number of carbonyl (C=O) groups excluding carboxylic acids is 1. The van der Waals surface area contributed by atoms with Gasteiger partial charge in [0.2, 0.25) is 0 Å². The Hall–Kier alpha value is -0.610. The van der Waals surface area contributed by atoms with Crippen molar-refractivity contribution in [3.8, 4) is 0 Å². The molecule has 0 aromatic carbocycles. The summed E-state index contributed by atoms with van der Waals surface area (Å²) in [6.45, 7) is 11.2. The van der Waals surface area contributed by atoms with Gasteiger partial charge in [0.15, 0.2) is 0 Å². The summed E-state index contributed by atoms with van der Waals surface area (Å²) in [5, 5.41) is 0. The zero-order chi connectivity index (χ0) is 14.8. The molecule has 0 heterocycles. The lowest BCUT2D eigenvalue weighted by molar-refractivity contribution is -0.149. The first-order valence-corrected chi connectivity index (χ1v) is 7.30. The van der Waals surface area contributed by atoms with Crippen molar-refractivity contribution in [3.63, 3.8) is 0 Å². The highest BCUT2D eigenvalue weighted by molar-refractivity contribution is 5.81. The van der Waals surface area contributed by atoms with Crippen LogP contribution < -0.4 is 5.73 Å². The second-order valence-corrected chi connectivity index (χ2v) is 6.98. The largest absolute Gasteiger partial charge is 0.465 e. The molecule has 0 aromatic rings. The minimum Gasteiger partial charge on any atom is -0.465 e. The maximum Gasteiger partial charge on any atom is 0.326 e. The number of hydrogen-bond donors (Lipinski definition) is 1. The molecular formula is C15H30N2O2. The van der Waals surface area contributed by atoms with Gasteiger partial charge in [-0.3, -0.25) is 4.79 Å². The highest BCUT2D eigenvalue weighted by Gasteiger charge is 2.45. The maximum atomic E-state index is 11.9. The van der Waals surface area contributed by atoms with Crippen molar-refractivity contribution in [1.29, 1.82) is 0 Å². The van der Waals surface area contributed by atoms with Crippen LogP contribution in [-0.2, 0) is 9.53 Å². The Balaban J connectivity index is 2.68. The predicted molar refractivity (Wildman–Crippen MR) is 77.9 cm³/mol. The summed E-state index contributed by atoms with van der Waals surface area (Å²) in [6, 6.07) is 0.811. The van der Waals surface area contributed by atoms with E-state index in [4.69, 9.17) is 10.5 Å². The molecule has 1 aliphatic rings. The van der Waals surface area contributed by atoms with Crippen molar-refractivity contribution < 1.29 is 9.53 Å². The first-order chi connectivity index (χ1) is 8.62. The molecule has 112 valence electrons. The Kier molecular flexibility index (Phi) is 5.02. The molecule has 19 heavy (non-hydrogen) atoms. The van der Waals surface area contributed by atoms with Crippen LogP contribution in [0.25, 0.3) is 0 Å². The van der Waals surface area contributed by atoms with Gasteiger partial charge in [-0.15, -0.1) is 0 Å². The van der Waals surface area contributed by atoms with Crippen molar-refractivity contribution in [3.05, 3.63) is 0 Å². The zero-order valence-electron chi connectivity index (χ0n) is 13.3. The highest BCUT2D eigenvalue weighted by atomic mass is 16.5. The molecule has 4 nitrogen and oxygen atoms in total. The van der Waals surface area contributed by atoms with E-state index in [1.54, 1.807) is 0 Å². The summed E-state index contributed by atoms with van der Waals surface area (Å²) < 4.78 is 5.10. The average Bonchev–Trinajstić information content (AvgIpc) is 2.70. The molecule has 2 N–H and O–H groups in total. The number of carbonyl (C=O) groups is 1. The zero-order valence-corrected chi connectivity index (χ0v) is 13.3. The van der Waals surface area contributed by atoms with Gasteiger partial charge >= 0.3 is 5.97 Å². The molecule has 4 heteroatoms. The van der Waals surface area contributed by atoms with Crippen LogP contribution in [0.4, 0.5) is 0 Å². The van der Waals surface area contributed by atoms with Crippen molar-refractivity contribution in [1.82, 2.24) is 4.90 Å². The van der Waals surface area contributed by atoms with Crippen molar-refractivity contribution >= 4 is 5.97 Å². The van der Waals surface area contributed by atoms with Gasteiger partial charge in [0, 0.05) is 12.1 Å². The Bertz CT molecular complexity index is 325. The molecule has 3 atom stereocenters.